The van der Waals surface area contributed by atoms with Crippen LogP contribution < -0.4 is 5.73 Å². The highest BCUT2D eigenvalue weighted by Crippen LogP contribution is 2.29. The van der Waals surface area contributed by atoms with Crippen molar-refractivity contribution < 1.29 is 0 Å². The molecule has 0 aromatic heterocycles. The maximum atomic E-state index is 6.35. The summed E-state index contributed by atoms with van der Waals surface area (Å²) in [6, 6.07) is 17.5. The molecule has 132 valence electrons. The number of fused-ring (bicyclic) bond motifs is 2. The first-order valence-electron chi connectivity index (χ1n) is 9.99. The van der Waals surface area contributed by atoms with Gasteiger partial charge < -0.3 is 5.73 Å². The largest absolute Gasteiger partial charge is 0.398 e. The van der Waals surface area contributed by atoms with Gasteiger partial charge in [-0.25, -0.2) is 0 Å². The lowest BCUT2D eigenvalue weighted by molar-refractivity contribution is 0.575. The van der Waals surface area contributed by atoms with E-state index in [1.165, 1.54) is 78.5 Å². The van der Waals surface area contributed by atoms with E-state index in [1.54, 1.807) is 0 Å². The van der Waals surface area contributed by atoms with Gasteiger partial charge in [0.2, 0.25) is 0 Å². The number of benzene rings is 3. The second kappa shape index (κ2) is 8.89. The highest BCUT2D eigenvalue weighted by molar-refractivity contribution is 6.03. The molecule has 0 aliphatic heterocycles. The molecule has 0 unspecified atom stereocenters. The van der Waals surface area contributed by atoms with E-state index in [4.69, 9.17) is 5.73 Å². The Kier molecular flexibility index (Phi) is 6.33. The van der Waals surface area contributed by atoms with E-state index >= 15 is 0 Å². The number of hydrogen-bond acceptors (Lipinski definition) is 1. The van der Waals surface area contributed by atoms with Crippen LogP contribution in [0.15, 0.2) is 48.5 Å². The van der Waals surface area contributed by atoms with Crippen LogP contribution in [0.25, 0.3) is 21.5 Å². The maximum Gasteiger partial charge on any atom is 0.0396 e. The van der Waals surface area contributed by atoms with Gasteiger partial charge in [-0.2, -0.15) is 0 Å². The summed E-state index contributed by atoms with van der Waals surface area (Å²) < 4.78 is 0. The molecule has 0 saturated heterocycles. The highest BCUT2D eigenvalue weighted by Gasteiger charge is 2.04. The Bertz CT molecular complexity index is 819. The summed E-state index contributed by atoms with van der Waals surface area (Å²) >= 11 is 0. The van der Waals surface area contributed by atoms with Crippen molar-refractivity contribution in [3.05, 3.63) is 54.1 Å². The molecule has 0 aliphatic rings. The van der Waals surface area contributed by atoms with Gasteiger partial charge in [-0.3, -0.25) is 0 Å². The van der Waals surface area contributed by atoms with E-state index in [0.29, 0.717) is 0 Å². The molecule has 0 aliphatic carbocycles. The minimum atomic E-state index is 0.915. The number of nitrogen functional groups attached to an aromatic ring is 1. The second-order valence-electron chi connectivity index (χ2n) is 7.33. The Labute approximate surface area is 152 Å². The summed E-state index contributed by atoms with van der Waals surface area (Å²) in [4.78, 5) is 0. The molecule has 0 amide bonds. The first kappa shape index (κ1) is 17.8. The van der Waals surface area contributed by atoms with Gasteiger partial charge in [-0.1, -0.05) is 82.2 Å². The van der Waals surface area contributed by atoms with Gasteiger partial charge >= 0.3 is 0 Å². The number of aryl methyl sites for hydroxylation is 1. The third-order valence-electron chi connectivity index (χ3n) is 5.23. The number of rotatable bonds is 9. The number of hydrogen-bond donors (Lipinski definition) is 1. The fraction of sp³-hybridized carbons (Fsp3) is 0.417. The topological polar surface area (TPSA) is 26.0 Å². The zero-order valence-electron chi connectivity index (χ0n) is 15.6. The maximum absolute atomic E-state index is 6.35. The molecule has 3 rings (SSSR count). The predicted octanol–water partition coefficient (Wildman–Crippen LogP) is 7.26. The third-order valence-corrected chi connectivity index (χ3v) is 5.23. The molecular weight excluding hydrogens is 302 g/mol. The van der Waals surface area contributed by atoms with Crippen LogP contribution in [0.1, 0.15) is 63.9 Å². The molecule has 25 heavy (non-hydrogen) atoms. The Morgan fingerprint density at radius 1 is 0.680 bits per heavy atom. The van der Waals surface area contributed by atoms with E-state index < -0.39 is 0 Å². The van der Waals surface area contributed by atoms with Crippen LogP contribution in [0.4, 0.5) is 5.69 Å². The molecule has 3 aromatic rings. The zero-order chi connectivity index (χ0) is 17.5. The van der Waals surface area contributed by atoms with Crippen LogP contribution >= 0.6 is 0 Å². The van der Waals surface area contributed by atoms with Crippen molar-refractivity contribution in [2.75, 3.05) is 5.73 Å². The molecule has 2 N–H and O–H groups in total. The first-order chi connectivity index (χ1) is 12.3. The van der Waals surface area contributed by atoms with E-state index in [9.17, 15) is 0 Å². The lowest BCUT2D eigenvalue weighted by atomic mass is 9.97. The summed E-state index contributed by atoms with van der Waals surface area (Å²) in [6.45, 7) is 2.28. The SMILES string of the molecule is CCCCCCCCCCc1cc(N)c2cc3ccccc3cc2c1. The average molecular weight is 334 g/mol. The molecule has 0 fully saturated rings. The first-order valence-corrected chi connectivity index (χ1v) is 9.99. The molecule has 0 saturated carbocycles. The fourth-order valence-corrected chi connectivity index (χ4v) is 3.75. The van der Waals surface area contributed by atoms with Crippen LogP contribution in [-0.2, 0) is 6.42 Å². The quantitative estimate of drug-likeness (QED) is 0.249. The Morgan fingerprint density at radius 2 is 1.32 bits per heavy atom. The fourth-order valence-electron chi connectivity index (χ4n) is 3.75. The lowest BCUT2D eigenvalue weighted by Gasteiger charge is -2.09. The molecule has 1 nitrogen and oxygen atoms in total. The van der Waals surface area contributed by atoms with Crippen LogP contribution in [-0.4, -0.2) is 0 Å². The van der Waals surface area contributed by atoms with Gasteiger partial charge in [-0.05, 0) is 52.8 Å². The lowest BCUT2D eigenvalue weighted by Crippen LogP contribution is -1.93. The minimum Gasteiger partial charge on any atom is -0.398 e. The van der Waals surface area contributed by atoms with Crippen LogP contribution in [0.2, 0.25) is 0 Å². The van der Waals surface area contributed by atoms with Gasteiger partial charge in [0.15, 0.2) is 0 Å². The standard InChI is InChI=1S/C24H31N/c1-2-3-4-5-6-7-8-9-12-19-15-22-17-20-13-10-11-14-21(20)18-23(22)24(25)16-19/h10-11,13-18H,2-9,12,25H2,1H3. The molecule has 0 atom stereocenters. The molecule has 0 radical (unpaired) electrons. The van der Waals surface area contributed by atoms with Gasteiger partial charge in [0.05, 0.1) is 0 Å². The summed E-state index contributed by atoms with van der Waals surface area (Å²) in [6.07, 6.45) is 12.1. The molecule has 0 heterocycles. The van der Waals surface area contributed by atoms with Crippen LogP contribution in [0, 0.1) is 0 Å². The van der Waals surface area contributed by atoms with E-state index in [2.05, 4.69) is 55.5 Å². The van der Waals surface area contributed by atoms with Crippen molar-refractivity contribution in [3.8, 4) is 0 Å². The molecule has 1 heteroatoms. The molecule has 0 spiro atoms. The van der Waals surface area contributed by atoms with Gasteiger partial charge in [0, 0.05) is 11.1 Å². The minimum absolute atomic E-state index is 0.915. The Balaban J connectivity index is 1.60. The van der Waals surface area contributed by atoms with Crippen molar-refractivity contribution in [2.45, 2.75) is 64.7 Å². The van der Waals surface area contributed by atoms with Gasteiger partial charge in [0.25, 0.3) is 0 Å². The number of anilines is 1. The van der Waals surface area contributed by atoms with Crippen LogP contribution in [0.3, 0.4) is 0 Å². The smallest absolute Gasteiger partial charge is 0.0396 e. The van der Waals surface area contributed by atoms with Gasteiger partial charge in [0.1, 0.15) is 0 Å². The third kappa shape index (κ3) is 4.75. The normalized spacial score (nSPS) is 11.4. The summed E-state index contributed by atoms with van der Waals surface area (Å²) in [5, 5.41) is 5.00. The van der Waals surface area contributed by atoms with Crippen molar-refractivity contribution in [1.29, 1.82) is 0 Å². The summed E-state index contributed by atoms with van der Waals surface area (Å²) in [7, 11) is 0. The number of unbranched alkanes of at least 4 members (excludes halogenated alkanes) is 7. The zero-order valence-corrected chi connectivity index (χ0v) is 15.6. The molecule has 3 aromatic carbocycles. The van der Waals surface area contributed by atoms with E-state index in [-0.39, 0.29) is 0 Å². The predicted molar refractivity (Wildman–Crippen MR) is 112 cm³/mol. The van der Waals surface area contributed by atoms with Crippen molar-refractivity contribution in [1.82, 2.24) is 0 Å². The van der Waals surface area contributed by atoms with Crippen molar-refractivity contribution in [2.24, 2.45) is 0 Å². The van der Waals surface area contributed by atoms with Crippen LogP contribution in [0.5, 0.6) is 0 Å². The second-order valence-corrected chi connectivity index (χ2v) is 7.33. The number of nitrogens with two attached hydrogens (primary N) is 1. The van der Waals surface area contributed by atoms with Crippen molar-refractivity contribution in [3.63, 3.8) is 0 Å². The molecular formula is C24H31N. The average Bonchev–Trinajstić information content (AvgIpc) is 2.62. The van der Waals surface area contributed by atoms with Gasteiger partial charge in [-0.15, -0.1) is 0 Å². The van der Waals surface area contributed by atoms with E-state index in [1.807, 2.05) is 0 Å². The van der Waals surface area contributed by atoms with Crippen molar-refractivity contribution >= 4 is 27.2 Å². The van der Waals surface area contributed by atoms with E-state index in [0.717, 1.165) is 12.1 Å². The molecule has 0 bridgehead atoms. The Hall–Kier alpha value is -2.02. The summed E-state index contributed by atoms with van der Waals surface area (Å²) in [5.74, 6) is 0. The monoisotopic (exact) mass is 333 g/mol. The highest BCUT2D eigenvalue weighted by atomic mass is 14.5. The Morgan fingerprint density at radius 3 is 2.04 bits per heavy atom. The summed E-state index contributed by atoms with van der Waals surface area (Å²) in [5.41, 5.74) is 8.64.